The predicted molar refractivity (Wildman–Crippen MR) is 105 cm³/mol. The van der Waals surface area contributed by atoms with E-state index in [1.165, 1.54) is 0 Å². The van der Waals surface area contributed by atoms with E-state index in [0.29, 0.717) is 13.0 Å². The molecule has 2 aromatic heterocycles. The molecule has 0 aliphatic rings. The predicted octanol–water partition coefficient (Wildman–Crippen LogP) is 2.94. The number of imidazole rings is 1. The smallest absolute Gasteiger partial charge is 0.220 e. The molecule has 0 unspecified atom stereocenters. The van der Waals surface area contributed by atoms with Gasteiger partial charge in [0.1, 0.15) is 11.6 Å². The minimum atomic E-state index is 0. The van der Waals surface area contributed by atoms with Crippen molar-refractivity contribution in [3.63, 3.8) is 0 Å². The molecule has 3 N–H and O–H groups in total. The van der Waals surface area contributed by atoms with Crippen LogP contribution >= 0.6 is 24.8 Å². The van der Waals surface area contributed by atoms with E-state index in [1.807, 2.05) is 29.8 Å². The standard InChI is InChI=1S/C17H25N5O.2ClH/c1-14-19-10-11-22(14)16-8-7-15(12-20-16)13-21-17(23)6-4-2-3-5-9-18;;/h7-8,10-12H,2-6,9,13,18H2,1H3,(H,21,23);2*1H. The SMILES string of the molecule is Cc1nccn1-c1ccc(CNC(=O)CCCCCCN)cn1.Cl.Cl. The van der Waals surface area contributed by atoms with Gasteiger partial charge in [0.25, 0.3) is 0 Å². The fraction of sp³-hybridized carbons (Fsp3) is 0.471. The van der Waals surface area contributed by atoms with Crippen molar-refractivity contribution >= 4 is 30.7 Å². The molecule has 2 heterocycles. The molecule has 0 saturated carbocycles. The van der Waals surface area contributed by atoms with Crippen LogP contribution in [-0.2, 0) is 11.3 Å². The van der Waals surface area contributed by atoms with E-state index in [9.17, 15) is 4.79 Å². The number of hydrogen-bond acceptors (Lipinski definition) is 4. The highest BCUT2D eigenvalue weighted by atomic mass is 35.5. The molecule has 6 nitrogen and oxygen atoms in total. The van der Waals surface area contributed by atoms with Gasteiger partial charge in [-0.2, -0.15) is 0 Å². The molecule has 140 valence electrons. The Bertz CT molecular complexity index is 616. The van der Waals surface area contributed by atoms with Gasteiger partial charge in [0.2, 0.25) is 5.91 Å². The molecule has 0 saturated heterocycles. The topological polar surface area (TPSA) is 85.8 Å². The first-order chi connectivity index (χ1) is 11.2. The Morgan fingerprint density at radius 2 is 1.92 bits per heavy atom. The average molecular weight is 388 g/mol. The van der Waals surface area contributed by atoms with Crippen LogP contribution in [0.1, 0.15) is 43.5 Å². The van der Waals surface area contributed by atoms with Gasteiger partial charge < -0.3 is 11.1 Å². The number of nitrogens with two attached hydrogens (primary N) is 1. The number of hydrogen-bond donors (Lipinski definition) is 2. The van der Waals surface area contributed by atoms with Crippen LogP contribution in [0.4, 0.5) is 0 Å². The summed E-state index contributed by atoms with van der Waals surface area (Å²) in [5, 5.41) is 2.93. The number of pyridine rings is 1. The van der Waals surface area contributed by atoms with Gasteiger partial charge in [-0.1, -0.05) is 18.9 Å². The van der Waals surface area contributed by atoms with E-state index in [1.54, 1.807) is 12.4 Å². The molecule has 25 heavy (non-hydrogen) atoms. The minimum Gasteiger partial charge on any atom is -0.352 e. The summed E-state index contributed by atoms with van der Waals surface area (Å²) in [6, 6.07) is 3.91. The van der Waals surface area contributed by atoms with Crippen LogP contribution in [0.5, 0.6) is 0 Å². The monoisotopic (exact) mass is 387 g/mol. The second kappa shape index (κ2) is 12.7. The van der Waals surface area contributed by atoms with Gasteiger partial charge in [0.15, 0.2) is 0 Å². The first-order valence-corrected chi connectivity index (χ1v) is 8.12. The first-order valence-electron chi connectivity index (χ1n) is 8.12. The molecule has 2 rings (SSSR count). The summed E-state index contributed by atoms with van der Waals surface area (Å²) >= 11 is 0. The highest BCUT2D eigenvalue weighted by molar-refractivity contribution is 5.85. The van der Waals surface area contributed by atoms with Gasteiger partial charge in [0.05, 0.1) is 0 Å². The van der Waals surface area contributed by atoms with Crippen LogP contribution in [0.25, 0.3) is 5.82 Å². The average Bonchev–Trinajstić information content (AvgIpc) is 2.99. The number of amides is 1. The van der Waals surface area contributed by atoms with Gasteiger partial charge in [0, 0.05) is 31.6 Å². The zero-order valence-corrected chi connectivity index (χ0v) is 16.1. The van der Waals surface area contributed by atoms with Gasteiger partial charge in [-0.25, -0.2) is 9.97 Å². The maximum Gasteiger partial charge on any atom is 0.220 e. The summed E-state index contributed by atoms with van der Waals surface area (Å²) in [6.45, 7) is 3.18. The molecule has 0 atom stereocenters. The molecule has 8 heteroatoms. The molecule has 0 radical (unpaired) electrons. The molecule has 2 aromatic rings. The molecule has 0 fully saturated rings. The van der Waals surface area contributed by atoms with Crippen LogP contribution in [0.15, 0.2) is 30.7 Å². The molecule has 0 aliphatic carbocycles. The van der Waals surface area contributed by atoms with Crippen molar-refractivity contribution in [1.29, 1.82) is 0 Å². The van der Waals surface area contributed by atoms with Gasteiger partial charge >= 0.3 is 0 Å². The third-order valence-corrected chi connectivity index (χ3v) is 3.73. The number of carbonyl (C=O) groups excluding carboxylic acids is 1. The van der Waals surface area contributed by atoms with E-state index >= 15 is 0 Å². The van der Waals surface area contributed by atoms with Crippen molar-refractivity contribution in [2.45, 2.75) is 45.6 Å². The third kappa shape index (κ3) is 7.86. The number of nitrogens with zero attached hydrogens (tertiary/aromatic N) is 3. The van der Waals surface area contributed by atoms with Gasteiger partial charge in [-0.3, -0.25) is 9.36 Å². The lowest BCUT2D eigenvalue weighted by molar-refractivity contribution is -0.121. The summed E-state index contributed by atoms with van der Waals surface area (Å²) < 4.78 is 1.92. The Morgan fingerprint density at radius 1 is 1.16 bits per heavy atom. The molecule has 0 bridgehead atoms. The van der Waals surface area contributed by atoms with Crippen molar-refractivity contribution in [1.82, 2.24) is 19.9 Å². The summed E-state index contributed by atoms with van der Waals surface area (Å²) in [5.74, 6) is 1.82. The van der Waals surface area contributed by atoms with Crippen molar-refractivity contribution in [2.24, 2.45) is 5.73 Å². The second-order valence-electron chi connectivity index (χ2n) is 5.60. The molecule has 1 amide bonds. The number of nitrogens with one attached hydrogen (secondary N) is 1. The van der Waals surface area contributed by atoms with Crippen molar-refractivity contribution in [3.05, 3.63) is 42.1 Å². The zero-order chi connectivity index (χ0) is 16.5. The Labute approximate surface area is 161 Å². The molecule has 0 aliphatic heterocycles. The normalized spacial score (nSPS) is 9.84. The van der Waals surface area contributed by atoms with Gasteiger partial charge in [-0.15, -0.1) is 24.8 Å². The number of aryl methyl sites for hydroxylation is 1. The molecule has 0 spiro atoms. The van der Waals surface area contributed by atoms with Crippen LogP contribution in [0.3, 0.4) is 0 Å². The van der Waals surface area contributed by atoms with E-state index in [-0.39, 0.29) is 30.7 Å². The van der Waals surface area contributed by atoms with Crippen molar-refractivity contribution in [2.75, 3.05) is 6.54 Å². The summed E-state index contributed by atoms with van der Waals surface area (Å²) in [6.07, 6.45) is 10.1. The Hall–Kier alpha value is -1.63. The fourth-order valence-electron chi connectivity index (χ4n) is 2.36. The van der Waals surface area contributed by atoms with Crippen LogP contribution < -0.4 is 11.1 Å². The van der Waals surface area contributed by atoms with Crippen LogP contribution in [-0.4, -0.2) is 27.0 Å². The Balaban J connectivity index is 0.00000288. The summed E-state index contributed by atoms with van der Waals surface area (Å²) in [5.41, 5.74) is 6.43. The van der Waals surface area contributed by atoms with E-state index in [2.05, 4.69) is 15.3 Å². The van der Waals surface area contributed by atoms with Crippen molar-refractivity contribution in [3.8, 4) is 5.82 Å². The summed E-state index contributed by atoms with van der Waals surface area (Å²) in [7, 11) is 0. The lowest BCUT2D eigenvalue weighted by Crippen LogP contribution is -2.22. The zero-order valence-electron chi connectivity index (χ0n) is 14.5. The number of aromatic nitrogens is 3. The van der Waals surface area contributed by atoms with Crippen molar-refractivity contribution < 1.29 is 4.79 Å². The molecular formula is C17H27Cl2N5O. The number of carbonyl (C=O) groups is 1. The minimum absolute atomic E-state index is 0. The third-order valence-electron chi connectivity index (χ3n) is 3.73. The van der Waals surface area contributed by atoms with Crippen LogP contribution in [0, 0.1) is 6.92 Å². The maximum absolute atomic E-state index is 11.8. The number of unbranched alkanes of at least 4 members (excludes halogenated alkanes) is 3. The van der Waals surface area contributed by atoms with Crippen LogP contribution in [0.2, 0.25) is 0 Å². The second-order valence-corrected chi connectivity index (χ2v) is 5.60. The lowest BCUT2D eigenvalue weighted by Gasteiger charge is -2.07. The number of halogens is 2. The fourth-order valence-corrected chi connectivity index (χ4v) is 2.36. The highest BCUT2D eigenvalue weighted by Crippen LogP contribution is 2.08. The Kier molecular flexibility index (Phi) is 11.9. The largest absolute Gasteiger partial charge is 0.352 e. The van der Waals surface area contributed by atoms with E-state index in [4.69, 9.17) is 5.73 Å². The summed E-state index contributed by atoms with van der Waals surface area (Å²) in [4.78, 5) is 20.4. The van der Waals surface area contributed by atoms with Gasteiger partial charge in [-0.05, 0) is 37.9 Å². The Morgan fingerprint density at radius 3 is 2.52 bits per heavy atom. The van der Waals surface area contributed by atoms with E-state index in [0.717, 1.165) is 49.4 Å². The molecule has 0 aromatic carbocycles. The first kappa shape index (κ1) is 23.4. The molecular weight excluding hydrogens is 361 g/mol. The lowest BCUT2D eigenvalue weighted by atomic mass is 10.1. The quantitative estimate of drug-likeness (QED) is 0.647. The highest BCUT2D eigenvalue weighted by Gasteiger charge is 2.04. The number of rotatable bonds is 9. The van der Waals surface area contributed by atoms with E-state index < -0.39 is 0 Å². The maximum atomic E-state index is 11.8.